The Balaban J connectivity index is 1.36. The van der Waals surface area contributed by atoms with Crippen molar-refractivity contribution < 1.29 is 14.6 Å². The normalized spacial score (nSPS) is 10.6. The van der Waals surface area contributed by atoms with Crippen molar-refractivity contribution >= 4 is 23.5 Å². The monoisotopic (exact) mass is 390 g/mol. The summed E-state index contributed by atoms with van der Waals surface area (Å²) in [6, 6.07) is 17.5. The Kier molecular flexibility index (Phi) is 5.19. The van der Waals surface area contributed by atoms with E-state index in [1.165, 1.54) is 4.40 Å². The van der Waals surface area contributed by atoms with Crippen LogP contribution in [0, 0.1) is 0 Å². The van der Waals surface area contributed by atoms with E-state index in [4.69, 9.17) is 9.84 Å². The Bertz CT molecular complexity index is 1110. The first kappa shape index (κ1) is 18.2. The Morgan fingerprint density at radius 1 is 1.03 bits per heavy atom. The molecule has 4 aromatic rings. The van der Waals surface area contributed by atoms with Crippen LogP contribution in [0.1, 0.15) is 5.56 Å². The zero-order valence-corrected chi connectivity index (χ0v) is 15.3. The van der Waals surface area contributed by atoms with Crippen LogP contribution in [0.4, 0.5) is 16.6 Å². The van der Waals surface area contributed by atoms with Gasteiger partial charge in [0.25, 0.3) is 0 Å². The minimum absolute atomic E-state index is 0.118. The predicted octanol–water partition coefficient (Wildman–Crippen LogP) is 3.66. The highest BCUT2D eigenvalue weighted by atomic mass is 16.5. The number of amides is 1. The fourth-order valence-electron chi connectivity index (χ4n) is 2.81. The first-order chi connectivity index (χ1) is 14.2. The fraction of sp³-hybridized carbons (Fsp3) is 0.100. The average molecular weight is 390 g/mol. The van der Waals surface area contributed by atoms with Crippen molar-refractivity contribution in [2.75, 3.05) is 17.2 Å². The van der Waals surface area contributed by atoms with Gasteiger partial charge in [0.15, 0.2) is 5.82 Å². The molecule has 0 radical (unpaired) electrons. The number of aromatic nitrogens is 4. The van der Waals surface area contributed by atoms with Gasteiger partial charge in [-0.05, 0) is 36.2 Å². The number of rotatable bonds is 7. The van der Waals surface area contributed by atoms with Gasteiger partial charge in [0.1, 0.15) is 11.5 Å². The predicted molar refractivity (Wildman–Crippen MR) is 108 cm³/mol. The third kappa shape index (κ3) is 4.41. The van der Waals surface area contributed by atoms with Crippen LogP contribution < -0.4 is 15.4 Å². The van der Waals surface area contributed by atoms with Crippen LogP contribution in [-0.4, -0.2) is 37.3 Å². The maximum atomic E-state index is 10.8. The molecule has 146 valence electrons. The molecular weight excluding hydrogens is 372 g/mol. The number of carbonyl (C=O) groups is 1. The fourth-order valence-corrected chi connectivity index (χ4v) is 2.81. The van der Waals surface area contributed by atoms with Gasteiger partial charge in [-0.25, -0.2) is 9.78 Å². The quantitative estimate of drug-likeness (QED) is 0.441. The Hall–Kier alpha value is -4.14. The topological polar surface area (TPSA) is 114 Å². The molecule has 29 heavy (non-hydrogen) atoms. The molecule has 1 amide bonds. The van der Waals surface area contributed by atoms with E-state index >= 15 is 0 Å². The third-order valence-electron chi connectivity index (χ3n) is 4.15. The largest absolute Gasteiger partial charge is 0.465 e. The summed E-state index contributed by atoms with van der Waals surface area (Å²) < 4.78 is 7.32. The van der Waals surface area contributed by atoms with Crippen molar-refractivity contribution in [2.24, 2.45) is 0 Å². The van der Waals surface area contributed by atoms with E-state index in [0.29, 0.717) is 18.0 Å². The van der Waals surface area contributed by atoms with E-state index in [-0.39, 0.29) is 5.95 Å². The molecule has 0 fully saturated rings. The smallest absolute Gasteiger partial charge is 0.411 e. The lowest BCUT2D eigenvalue weighted by atomic mass is 10.1. The van der Waals surface area contributed by atoms with Crippen LogP contribution in [0.5, 0.6) is 11.5 Å². The Labute approximate surface area is 166 Å². The van der Waals surface area contributed by atoms with Crippen molar-refractivity contribution in [3.05, 3.63) is 72.6 Å². The number of nitrogens with zero attached hydrogens (tertiary/aromatic N) is 4. The minimum Gasteiger partial charge on any atom is -0.465 e. The van der Waals surface area contributed by atoms with Gasteiger partial charge >= 0.3 is 6.09 Å². The van der Waals surface area contributed by atoms with E-state index in [1.54, 1.807) is 12.4 Å². The van der Waals surface area contributed by atoms with E-state index in [9.17, 15) is 4.79 Å². The lowest BCUT2D eigenvalue weighted by Gasteiger charge is -2.08. The van der Waals surface area contributed by atoms with E-state index < -0.39 is 6.09 Å². The standard InChI is InChI=1S/C20H18N6O3/c27-20(28)23-19-25-24-18-17(22-12-13-26(18)19)21-11-10-14-6-8-16(9-7-14)29-15-4-2-1-3-5-15/h1-9,12-13H,10-11H2,(H,21,22)(H,23,25)(H,27,28). The van der Waals surface area contributed by atoms with Gasteiger partial charge in [-0.1, -0.05) is 30.3 Å². The highest BCUT2D eigenvalue weighted by molar-refractivity contribution is 5.81. The van der Waals surface area contributed by atoms with Crippen LogP contribution in [-0.2, 0) is 6.42 Å². The molecule has 9 nitrogen and oxygen atoms in total. The van der Waals surface area contributed by atoms with E-state index in [2.05, 4.69) is 25.8 Å². The molecule has 0 aliphatic carbocycles. The molecule has 0 atom stereocenters. The van der Waals surface area contributed by atoms with Gasteiger partial charge in [-0.15, -0.1) is 10.2 Å². The molecule has 2 aromatic heterocycles. The molecule has 0 aliphatic rings. The second kappa shape index (κ2) is 8.26. The van der Waals surface area contributed by atoms with Crippen LogP contribution >= 0.6 is 0 Å². The van der Waals surface area contributed by atoms with E-state index in [0.717, 1.165) is 23.5 Å². The Morgan fingerprint density at radius 3 is 2.55 bits per heavy atom. The number of benzene rings is 2. The molecular formula is C20H18N6O3. The molecule has 0 bridgehead atoms. The molecule has 4 rings (SSSR count). The van der Waals surface area contributed by atoms with Crippen LogP contribution in [0.15, 0.2) is 67.0 Å². The SMILES string of the molecule is O=C(O)Nc1nnc2c(NCCc3ccc(Oc4ccccc4)cc3)nccn12. The Morgan fingerprint density at radius 2 is 1.79 bits per heavy atom. The van der Waals surface area contributed by atoms with E-state index in [1.807, 2.05) is 54.6 Å². The average Bonchev–Trinajstić information content (AvgIpc) is 3.13. The lowest BCUT2D eigenvalue weighted by Crippen LogP contribution is -2.11. The number of carboxylic acid groups (broad SMARTS) is 1. The van der Waals surface area contributed by atoms with Crippen molar-refractivity contribution in [1.82, 2.24) is 19.6 Å². The second-order valence-corrected chi connectivity index (χ2v) is 6.16. The second-order valence-electron chi connectivity index (χ2n) is 6.16. The summed E-state index contributed by atoms with van der Waals surface area (Å²) in [4.78, 5) is 15.1. The zero-order chi connectivity index (χ0) is 20.1. The van der Waals surface area contributed by atoms with Gasteiger partial charge in [-0.3, -0.25) is 9.72 Å². The van der Waals surface area contributed by atoms with Gasteiger partial charge in [0, 0.05) is 18.9 Å². The summed E-state index contributed by atoms with van der Waals surface area (Å²) in [6.07, 6.45) is 2.71. The molecule has 0 saturated carbocycles. The zero-order valence-electron chi connectivity index (χ0n) is 15.3. The van der Waals surface area contributed by atoms with Crippen molar-refractivity contribution in [1.29, 1.82) is 0 Å². The van der Waals surface area contributed by atoms with Crippen LogP contribution in [0.2, 0.25) is 0 Å². The first-order valence-electron chi connectivity index (χ1n) is 8.94. The summed E-state index contributed by atoms with van der Waals surface area (Å²) in [5.41, 5.74) is 1.59. The van der Waals surface area contributed by atoms with Crippen molar-refractivity contribution in [3.8, 4) is 11.5 Å². The number of hydrogen-bond donors (Lipinski definition) is 3. The van der Waals surface area contributed by atoms with Crippen molar-refractivity contribution in [2.45, 2.75) is 6.42 Å². The van der Waals surface area contributed by atoms with Gasteiger partial charge in [-0.2, -0.15) is 0 Å². The summed E-state index contributed by atoms with van der Waals surface area (Å²) in [5.74, 6) is 2.22. The molecule has 0 saturated heterocycles. The van der Waals surface area contributed by atoms with Gasteiger partial charge < -0.3 is 15.2 Å². The summed E-state index contributed by atoms with van der Waals surface area (Å²) in [5, 5.41) is 22.1. The summed E-state index contributed by atoms with van der Waals surface area (Å²) in [7, 11) is 0. The number of hydrogen-bond acceptors (Lipinski definition) is 6. The highest BCUT2D eigenvalue weighted by Crippen LogP contribution is 2.21. The van der Waals surface area contributed by atoms with Crippen LogP contribution in [0.3, 0.4) is 0 Å². The highest BCUT2D eigenvalue weighted by Gasteiger charge is 2.11. The summed E-state index contributed by atoms with van der Waals surface area (Å²) >= 11 is 0. The van der Waals surface area contributed by atoms with Gasteiger partial charge in [0.05, 0.1) is 0 Å². The number of fused-ring (bicyclic) bond motifs is 1. The molecule has 2 heterocycles. The van der Waals surface area contributed by atoms with Gasteiger partial charge in [0.2, 0.25) is 11.6 Å². The first-order valence-corrected chi connectivity index (χ1v) is 8.94. The number of para-hydroxylation sites is 1. The summed E-state index contributed by atoms with van der Waals surface area (Å²) in [6.45, 7) is 0.625. The molecule has 0 spiro atoms. The van der Waals surface area contributed by atoms with Crippen molar-refractivity contribution in [3.63, 3.8) is 0 Å². The third-order valence-corrected chi connectivity index (χ3v) is 4.15. The molecule has 3 N–H and O–H groups in total. The molecule has 9 heteroatoms. The van der Waals surface area contributed by atoms with Crippen LogP contribution in [0.25, 0.3) is 5.65 Å². The number of anilines is 2. The molecule has 0 aliphatic heterocycles. The minimum atomic E-state index is -1.20. The maximum absolute atomic E-state index is 10.8. The molecule has 2 aromatic carbocycles. The molecule has 0 unspecified atom stereocenters. The maximum Gasteiger partial charge on any atom is 0.411 e. The number of nitrogens with one attached hydrogen (secondary N) is 2. The lowest BCUT2D eigenvalue weighted by molar-refractivity contribution is 0.209. The number of ether oxygens (including phenoxy) is 1.